The molecule has 1 atom stereocenters. The molecule has 3 rings (SSSR count). The predicted molar refractivity (Wildman–Crippen MR) is 109 cm³/mol. The number of hydrogen-bond acceptors (Lipinski definition) is 1. The van der Waals surface area contributed by atoms with Crippen molar-refractivity contribution in [2.45, 2.75) is 31.9 Å². The minimum atomic E-state index is -0.828. The molecule has 0 aliphatic rings. The van der Waals surface area contributed by atoms with Crippen LogP contribution in [0.5, 0.6) is 0 Å². The number of rotatable bonds is 6. The van der Waals surface area contributed by atoms with Crippen molar-refractivity contribution in [2.75, 3.05) is 0 Å². The largest absolute Gasteiger partial charge is 0.386 e. The van der Waals surface area contributed by atoms with Gasteiger partial charge < -0.3 is 9.67 Å². The van der Waals surface area contributed by atoms with Crippen LogP contribution in [0.15, 0.2) is 67.3 Å². The third kappa shape index (κ3) is 3.57. The van der Waals surface area contributed by atoms with Crippen LogP contribution < -0.4 is 0 Å². The summed E-state index contributed by atoms with van der Waals surface area (Å²) in [6.45, 7) is 6.41. The summed E-state index contributed by atoms with van der Waals surface area (Å²) in [5.41, 5.74) is 3.02. The van der Waals surface area contributed by atoms with E-state index in [1.54, 1.807) is 6.08 Å². The molecule has 0 aliphatic heterocycles. The molecule has 0 aliphatic carbocycles. The number of benzene rings is 2. The summed E-state index contributed by atoms with van der Waals surface area (Å²) in [5.74, 6) is 0. The summed E-state index contributed by atoms with van der Waals surface area (Å²) in [7, 11) is 0. The lowest BCUT2D eigenvalue weighted by Gasteiger charge is -2.18. The molecular weight excluding hydrogens is 409 g/mol. The summed E-state index contributed by atoms with van der Waals surface area (Å²) in [6, 6.07) is 19.0. The molecule has 3 aromatic rings. The Kier molecular flexibility index (Phi) is 5.11. The Hall–Kier alpha value is -1.59. The molecule has 3 heteroatoms. The number of fused-ring (bicyclic) bond motifs is 1. The van der Waals surface area contributed by atoms with Crippen molar-refractivity contribution in [3.8, 4) is 0 Å². The Balaban J connectivity index is 2.01. The highest BCUT2D eigenvalue weighted by Gasteiger charge is 2.20. The average molecular weight is 431 g/mol. The lowest BCUT2D eigenvalue weighted by atomic mass is 9.97. The number of aryl methyl sites for hydroxylation is 1. The average Bonchev–Trinajstić information content (AvgIpc) is 2.86. The Morgan fingerprint density at radius 1 is 1.12 bits per heavy atom. The van der Waals surface area contributed by atoms with Gasteiger partial charge in [0.25, 0.3) is 0 Å². The molecule has 0 radical (unpaired) electrons. The standard InChI is InChI=1S/C21H22INO/c1-3-21(2,24)14-13-18-17-11-7-8-12-19(17)23(20(18)22)15-16-9-5-4-6-10-16/h3-12,24H,1,13-15H2,2H3. The highest BCUT2D eigenvalue weighted by Crippen LogP contribution is 2.30. The van der Waals surface area contributed by atoms with Gasteiger partial charge in [-0.25, -0.2) is 0 Å². The molecule has 0 spiro atoms. The molecule has 1 unspecified atom stereocenters. The molecule has 0 amide bonds. The molecule has 1 heterocycles. The van der Waals surface area contributed by atoms with E-state index in [4.69, 9.17) is 0 Å². The second-order valence-corrected chi connectivity index (χ2v) is 7.44. The summed E-state index contributed by atoms with van der Waals surface area (Å²) < 4.78 is 3.61. The minimum absolute atomic E-state index is 0.672. The lowest BCUT2D eigenvalue weighted by Crippen LogP contribution is -2.21. The van der Waals surface area contributed by atoms with Gasteiger partial charge in [0.15, 0.2) is 0 Å². The van der Waals surface area contributed by atoms with Crippen molar-refractivity contribution < 1.29 is 5.11 Å². The number of hydrogen-bond donors (Lipinski definition) is 1. The summed E-state index contributed by atoms with van der Waals surface area (Å²) >= 11 is 2.44. The molecule has 0 saturated carbocycles. The zero-order chi connectivity index (χ0) is 17.2. The molecule has 0 saturated heterocycles. The second-order valence-electron chi connectivity index (χ2n) is 6.42. The van der Waals surface area contributed by atoms with Crippen LogP contribution in [0, 0.1) is 3.70 Å². The van der Waals surface area contributed by atoms with Crippen LogP contribution in [0.25, 0.3) is 10.9 Å². The van der Waals surface area contributed by atoms with Crippen LogP contribution in [-0.2, 0) is 13.0 Å². The molecule has 24 heavy (non-hydrogen) atoms. The Morgan fingerprint density at radius 3 is 2.50 bits per heavy atom. The van der Waals surface area contributed by atoms with E-state index in [2.05, 4.69) is 82.3 Å². The Morgan fingerprint density at radius 2 is 1.79 bits per heavy atom. The first kappa shape index (κ1) is 17.2. The molecule has 0 bridgehead atoms. The molecule has 2 aromatic carbocycles. The van der Waals surface area contributed by atoms with Crippen molar-refractivity contribution in [3.63, 3.8) is 0 Å². The normalized spacial score (nSPS) is 13.8. The number of halogens is 1. The number of aromatic nitrogens is 1. The summed E-state index contributed by atoms with van der Waals surface area (Å²) in [6.07, 6.45) is 3.13. The molecule has 1 aromatic heterocycles. The third-order valence-corrected chi connectivity index (χ3v) is 5.74. The van der Waals surface area contributed by atoms with Crippen LogP contribution in [0.4, 0.5) is 0 Å². The monoisotopic (exact) mass is 431 g/mol. The SMILES string of the molecule is C=CC(C)(O)CCc1c(I)n(Cc2ccccc2)c2ccccc12. The smallest absolute Gasteiger partial charge is 0.0844 e. The van der Waals surface area contributed by atoms with Gasteiger partial charge in [-0.1, -0.05) is 54.6 Å². The highest BCUT2D eigenvalue weighted by atomic mass is 127. The van der Waals surface area contributed by atoms with Crippen LogP contribution in [-0.4, -0.2) is 15.3 Å². The molecule has 2 nitrogen and oxygen atoms in total. The fourth-order valence-corrected chi connectivity index (χ4v) is 3.97. The van der Waals surface area contributed by atoms with Gasteiger partial charge in [0.1, 0.15) is 0 Å². The van der Waals surface area contributed by atoms with Crippen molar-refractivity contribution in [1.82, 2.24) is 4.57 Å². The van der Waals surface area contributed by atoms with Gasteiger partial charge in [-0.15, -0.1) is 6.58 Å². The fourth-order valence-electron chi connectivity index (χ4n) is 2.98. The van der Waals surface area contributed by atoms with Gasteiger partial charge in [-0.3, -0.25) is 0 Å². The van der Waals surface area contributed by atoms with E-state index in [0.717, 1.165) is 13.0 Å². The maximum atomic E-state index is 10.3. The minimum Gasteiger partial charge on any atom is -0.386 e. The Labute approximate surface area is 157 Å². The number of para-hydroxylation sites is 1. The maximum absolute atomic E-state index is 10.3. The van der Waals surface area contributed by atoms with E-state index in [9.17, 15) is 5.11 Å². The van der Waals surface area contributed by atoms with E-state index >= 15 is 0 Å². The van der Waals surface area contributed by atoms with E-state index < -0.39 is 5.60 Å². The highest BCUT2D eigenvalue weighted by molar-refractivity contribution is 14.1. The van der Waals surface area contributed by atoms with Crippen molar-refractivity contribution in [3.05, 3.63) is 82.1 Å². The van der Waals surface area contributed by atoms with Crippen LogP contribution in [0.2, 0.25) is 0 Å². The van der Waals surface area contributed by atoms with Gasteiger partial charge in [-0.2, -0.15) is 0 Å². The van der Waals surface area contributed by atoms with Crippen LogP contribution in [0.1, 0.15) is 24.5 Å². The zero-order valence-electron chi connectivity index (χ0n) is 13.9. The number of nitrogens with zero attached hydrogens (tertiary/aromatic N) is 1. The first-order chi connectivity index (χ1) is 11.5. The summed E-state index contributed by atoms with van der Waals surface area (Å²) in [5, 5.41) is 11.5. The van der Waals surface area contributed by atoms with E-state index in [1.165, 1.54) is 25.7 Å². The van der Waals surface area contributed by atoms with E-state index in [-0.39, 0.29) is 0 Å². The summed E-state index contributed by atoms with van der Waals surface area (Å²) in [4.78, 5) is 0. The fraction of sp³-hybridized carbons (Fsp3) is 0.238. The van der Waals surface area contributed by atoms with Crippen molar-refractivity contribution in [2.24, 2.45) is 0 Å². The van der Waals surface area contributed by atoms with E-state index in [1.807, 2.05) is 13.0 Å². The van der Waals surface area contributed by atoms with Gasteiger partial charge in [-0.05, 0) is 59.5 Å². The zero-order valence-corrected chi connectivity index (χ0v) is 16.0. The predicted octanol–water partition coefficient (Wildman–Crippen LogP) is 5.16. The quantitative estimate of drug-likeness (QED) is 0.423. The van der Waals surface area contributed by atoms with Crippen LogP contribution >= 0.6 is 22.6 Å². The first-order valence-corrected chi connectivity index (χ1v) is 9.25. The topological polar surface area (TPSA) is 25.2 Å². The van der Waals surface area contributed by atoms with Gasteiger partial charge in [0.2, 0.25) is 0 Å². The number of aliphatic hydroxyl groups is 1. The van der Waals surface area contributed by atoms with Crippen molar-refractivity contribution >= 4 is 33.5 Å². The van der Waals surface area contributed by atoms with Gasteiger partial charge in [0.05, 0.1) is 9.30 Å². The van der Waals surface area contributed by atoms with Gasteiger partial charge >= 0.3 is 0 Å². The Bertz CT molecular complexity index is 849. The first-order valence-electron chi connectivity index (χ1n) is 8.17. The second kappa shape index (κ2) is 7.11. The maximum Gasteiger partial charge on any atom is 0.0844 e. The lowest BCUT2D eigenvalue weighted by molar-refractivity contribution is 0.103. The third-order valence-electron chi connectivity index (χ3n) is 4.51. The molecule has 1 N–H and O–H groups in total. The van der Waals surface area contributed by atoms with Crippen LogP contribution in [0.3, 0.4) is 0 Å². The molecule has 0 fully saturated rings. The van der Waals surface area contributed by atoms with Gasteiger partial charge in [0, 0.05) is 17.4 Å². The molecule has 124 valence electrons. The van der Waals surface area contributed by atoms with Crippen molar-refractivity contribution in [1.29, 1.82) is 0 Å². The molecular formula is C21H22INO. The van der Waals surface area contributed by atoms with E-state index in [0.29, 0.717) is 6.42 Å².